The maximum Gasteiger partial charge on any atom is 0.416 e. The first-order valence-electron chi connectivity index (χ1n) is 4.96. The molecule has 0 amide bonds. The van der Waals surface area contributed by atoms with Gasteiger partial charge in [0.05, 0.1) is 11.8 Å². The van der Waals surface area contributed by atoms with Crippen molar-refractivity contribution in [1.82, 2.24) is 4.98 Å². The standard InChI is InChI=1S/C12H8F4N2/c13-10-6-18-4-3-8(10)9-2-1-7(5-11(9)17)12(14,15)16/h1-6H,17H2. The average Bonchev–Trinajstić information content (AvgIpc) is 2.29. The minimum Gasteiger partial charge on any atom is -0.398 e. The van der Waals surface area contributed by atoms with Crippen molar-refractivity contribution >= 4 is 5.69 Å². The summed E-state index contributed by atoms with van der Waals surface area (Å²) >= 11 is 0. The largest absolute Gasteiger partial charge is 0.416 e. The van der Waals surface area contributed by atoms with Crippen LogP contribution in [-0.2, 0) is 6.18 Å². The van der Waals surface area contributed by atoms with Crippen molar-refractivity contribution in [3.05, 3.63) is 48.0 Å². The fourth-order valence-corrected chi connectivity index (χ4v) is 1.58. The summed E-state index contributed by atoms with van der Waals surface area (Å²) in [5.74, 6) is -0.635. The number of benzene rings is 1. The summed E-state index contributed by atoms with van der Waals surface area (Å²) in [5.41, 5.74) is 4.87. The number of nitrogen functional groups attached to an aromatic ring is 1. The summed E-state index contributed by atoms with van der Waals surface area (Å²) in [6.07, 6.45) is -2.15. The zero-order chi connectivity index (χ0) is 13.3. The van der Waals surface area contributed by atoms with Crippen molar-refractivity contribution in [3.8, 4) is 11.1 Å². The number of anilines is 1. The highest BCUT2D eigenvalue weighted by molar-refractivity contribution is 5.76. The van der Waals surface area contributed by atoms with E-state index in [1.54, 1.807) is 0 Å². The van der Waals surface area contributed by atoms with E-state index in [-0.39, 0.29) is 16.8 Å². The van der Waals surface area contributed by atoms with Gasteiger partial charge in [-0.05, 0) is 18.2 Å². The number of rotatable bonds is 1. The van der Waals surface area contributed by atoms with Gasteiger partial charge in [-0.1, -0.05) is 6.07 Å². The molecule has 1 aromatic heterocycles. The molecule has 2 nitrogen and oxygen atoms in total. The summed E-state index contributed by atoms with van der Waals surface area (Å²) in [6, 6.07) is 4.16. The zero-order valence-electron chi connectivity index (χ0n) is 9.00. The van der Waals surface area contributed by atoms with E-state index >= 15 is 0 Å². The Morgan fingerprint density at radius 1 is 1.06 bits per heavy atom. The Morgan fingerprint density at radius 2 is 1.78 bits per heavy atom. The lowest BCUT2D eigenvalue weighted by molar-refractivity contribution is -0.137. The fourth-order valence-electron chi connectivity index (χ4n) is 1.58. The second-order valence-corrected chi connectivity index (χ2v) is 3.66. The van der Waals surface area contributed by atoms with E-state index in [1.165, 1.54) is 12.3 Å². The van der Waals surface area contributed by atoms with Crippen molar-refractivity contribution in [2.75, 3.05) is 5.73 Å². The van der Waals surface area contributed by atoms with E-state index in [0.29, 0.717) is 0 Å². The van der Waals surface area contributed by atoms with Crippen molar-refractivity contribution < 1.29 is 17.6 Å². The van der Waals surface area contributed by atoms with Crippen LogP contribution in [0.4, 0.5) is 23.2 Å². The molecule has 0 saturated heterocycles. The molecule has 2 N–H and O–H groups in total. The number of alkyl halides is 3. The van der Waals surface area contributed by atoms with Crippen LogP contribution in [0, 0.1) is 5.82 Å². The Bertz CT molecular complexity index is 579. The van der Waals surface area contributed by atoms with E-state index < -0.39 is 17.6 Å². The molecule has 94 valence electrons. The van der Waals surface area contributed by atoms with E-state index in [4.69, 9.17) is 5.73 Å². The number of nitrogens with zero attached hydrogens (tertiary/aromatic N) is 1. The van der Waals surface area contributed by atoms with Gasteiger partial charge >= 0.3 is 6.18 Å². The quantitative estimate of drug-likeness (QED) is 0.626. The van der Waals surface area contributed by atoms with Crippen molar-refractivity contribution in [1.29, 1.82) is 0 Å². The van der Waals surface area contributed by atoms with Gasteiger partial charge in [0.15, 0.2) is 0 Å². The Hall–Kier alpha value is -2.11. The molecule has 18 heavy (non-hydrogen) atoms. The van der Waals surface area contributed by atoms with Gasteiger partial charge in [-0.25, -0.2) is 4.39 Å². The predicted molar refractivity (Wildman–Crippen MR) is 59.0 cm³/mol. The Morgan fingerprint density at radius 3 is 2.33 bits per heavy atom. The minimum atomic E-state index is -4.47. The number of hydrogen-bond acceptors (Lipinski definition) is 2. The summed E-state index contributed by atoms with van der Waals surface area (Å²) in [6.45, 7) is 0. The van der Waals surface area contributed by atoms with Gasteiger partial charge in [0.1, 0.15) is 5.82 Å². The predicted octanol–water partition coefficient (Wildman–Crippen LogP) is 3.49. The Kier molecular flexibility index (Phi) is 2.94. The van der Waals surface area contributed by atoms with Crippen LogP contribution in [0.5, 0.6) is 0 Å². The van der Waals surface area contributed by atoms with Crippen LogP contribution in [0.2, 0.25) is 0 Å². The van der Waals surface area contributed by atoms with Gasteiger partial charge in [0.2, 0.25) is 0 Å². The molecule has 1 heterocycles. The first-order valence-corrected chi connectivity index (χ1v) is 4.96. The molecule has 2 rings (SSSR count). The maximum atomic E-state index is 13.4. The lowest BCUT2D eigenvalue weighted by Gasteiger charge is -2.11. The lowest BCUT2D eigenvalue weighted by atomic mass is 10.0. The highest BCUT2D eigenvalue weighted by atomic mass is 19.4. The molecule has 1 aromatic carbocycles. The third-order valence-electron chi connectivity index (χ3n) is 2.44. The van der Waals surface area contributed by atoms with Gasteiger partial charge < -0.3 is 5.73 Å². The van der Waals surface area contributed by atoms with Gasteiger partial charge in [-0.2, -0.15) is 13.2 Å². The van der Waals surface area contributed by atoms with E-state index in [9.17, 15) is 17.6 Å². The van der Waals surface area contributed by atoms with Crippen molar-refractivity contribution in [2.24, 2.45) is 0 Å². The monoisotopic (exact) mass is 256 g/mol. The van der Waals surface area contributed by atoms with Crippen LogP contribution < -0.4 is 5.73 Å². The van der Waals surface area contributed by atoms with Gasteiger partial charge in [0, 0.05) is 23.0 Å². The van der Waals surface area contributed by atoms with Crippen LogP contribution in [0.3, 0.4) is 0 Å². The van der Waals surface area contributed by atoms with Crippen LogP contribution in [0.1, 0.15) is 5.56 Å². The summed E-state index contributed by atoms with van der Waals surface area (Å²) in [7, 11) is 0. The normalized spacial score (nSPS) is 11.6. The van der Waals surface area contributed by atoms with Gasteiger partial charge in [-0.15, -0.1) is 0 Å². The third-order valence-corrected chi connectivity index (χ3v) is 2.44. The molecule has 0 spiro atoms. The number of aromatic nitrogens is 1. The molecular weight excluding hydrogens is 248 g/mol. The topological polar surface area (TPSA) is 38.9 Å². The Balaban J connectivity index is 2.52. The summed E-state index contributed by atoms with van der Waals surface area (Å²) in [4.78, 5) is 3.56. The molecule has 6 heteroatoms. The average molecular weight is 256 g/mol. The molecule has 0 aliphatic rings. The van der Waals surface area contributed by atoms with Crippen LogP contribution in [0.25, 0.3) is 11.1 Å². The molecule has 0 aliphatic carbocycles. The van der Waals surface area contributed by atoms with Crippen molar-refractivity contribution in [2.45, 2.75) is 6.18 Å². The SMILES string of the molecule is Nc1cc(C(F)(F)F)ccc1-c1ccncc1F. The zero-order valence-corrected chi connectivity index (χ0v) is 9.00. The summed E-state index contributed by atoms with van der Waals surface area (Å²) < 4.78 is 50.8. The van der Waals surface area contributed by atoms with Crippen molar-refractivity contribution in [3.63, 3.8) is 0 Å². The smallest absolute Gasteiger partial charge is 0.398 e. The van der Waals surface area contributed by atoms with Gasteiger partial charge in [0.25, 0.3) is 0 Å². The minimum absolute atomic E-state index is 0.122. The molecule has 0 radical (unpaired) electrons. The number of pyridine rings is 1. The van der Waals surface area contributed by atoms with E-state index in [0.717, 1.165) is 24.4 Å². The second kappa shape index (κ2) is 4.29. The second-order valence-electron chi connectivity index (χ2n) is 3.66. The Labute approximate surface area is 100 Å². The summed E-state index contributed by atoms with van der Waals surface area (Å²) in [5, 5.41) is 0. The van der Waals surface area contributed by atoms with E-state index in [1.807, 2.05) is 0 Å². The molecule has 2 aromatic rings. The van der Waals surface area contributed by atoms with Gasteiger partial charge in [-0.3, -0.25) is 4.98 Å². The van der Waals surface area contributed by atoms with E-state index in [2.05, 4.69) is 4.98 Å². The lowest BCUT2D eigenvalue weighted by Crippen LogP contribution is -2.06. The van der Waals surface area contributed by atoms with Crippen LogP contribution >= 0.6 is 0 Å². The first kappa shape index (κ1) is 12.3. The molecular formula is C12H8F4N2. The van der Waals surface area contributed by atoms with Crippen LogP contribution in [0.15, 0.2) is 36.7 Å². The third kappa shape index (κ3) is 2.27. The first-order chi connectivity index (χ1) is 8.39. The molecule has 0 unspecified atom stereocenters. The molecule has 0 aliphatic heterocycles. The van der Waals surface area contributed by atoms with Crippen LogP contribution in [-0.4, -0.2) is 4.98 Å². The number of nitrogens with two attached hydrogens (primary N) is 1. The number of hydrogen-bond donors (Lipinski definition) is 1. The molecule has 0 saturated carbocycles. The highest BCUT2D eigenvalue weighted by Crippen LogP contribution is 2.35. The molecule has 0 fully saturated rings. The highest BCUT2D eigenvalue weighted by Gasteiger charge is 2.30. The fraction of sp³-hybridized carbons (Fsp3) is 0.0833. The number of halogens is 4. The molecule has 0 atom stereocenters. The maximum absolute atomic E-state index is 13.4. The molecule has 0 bridgehead atoms.